The molecule has 0 saturated carbocycles. The molecule has 1 nitrogen and oxygen atoms in total. The fraction of sp³-hybridized carbons (Fsp3) is 0.151. The van der Waals surface area contributed by atoms with E-state index in [0.29, 0.717) is 11.1 Å². The summed E-state index contributed by atoms with van der Waals surface area (Å²) in [5.74, 6) is 0.0413. The molecule has 6 aromatic carbocycles. The molecule has 0 amide bonds. The molecule has 6 aromatic rings. The van der Waals surface area contributed by atoms with Crippen LogP contribution in [0.2, 0.25) is 0 Å². The van der Waals surface area contributed by atoms with Crippen molar-refractivity contribution in [3.8, 4) is 0 Å². The molecule has 2 aliphatic rings. The molecular weight excluding hydrogens is 653 g/mol. The fourth-order valence-electron chi connectivity index (χ4n) is 8.32. The van der Waals surface area contributed by atoms with Crippen molar-refractivity contribution in [1.82, 2.24) is 0 Å². The Balaban J connectivity index is 1.25. The number of benzene rings is 6. The van der Waals surface area contributed by atoms with E-state index in [4.69, 9.17) is 0 Å². The maximum atomic E-state index is 13.6. The highest BCUT2D eigenvalue weighted by molar-refractivity contribution is 6.09. The largest absolute Gasteiger partial charge is 0.289 e. The maximum Gasteiger partial charge on any atom is 0.193 e. The van der Waals surface area contributed by atoms with Crippen molar-refractivity contribution < 1.29 is 4.79 Å². The number of hydrogen-bond donors (Lipinski definition) is 0. The molecule has 1 unspecified atom stereocenters. The number of rotatable bonds is 12. The van der Waals surface area contributed by atoms with Crippen LogP contribution in [0.5, 0.6) is 0 Å². The molecule has 0 bridgehead atoms. The van der Waals surface area contributed by atoms with Crippen LogP contribution in [0.25, 0.3) is 0 Å². The van der Waals surface area contributed by atoms with Gasteiger partial charge >= 0.3 is 0 Å². The molecule has 0 aliphatic heterocycles. The molecule has 0 saturated heterocycles. The first-order valence-electron chi connectivity index (χ1n) is 19.4. The number of carbonyl (C=O) groups excluding carboxylic acids is 1. The Bertz CT molecular complexity index is 2310. The minimum absolute atomic E-state index is 0.0413. The molecule has 0 N–H and O–H groups in total. The third kappa shape index (κ3) is 7.68. The lowest BCUT2D eigenvalue weighted by Crippen LogP contribution is -2.33. The second-order valence-electron chi connectivity index (χ2n) is 14.7. The Morgan fingerprint density at radius 2 is 0.889 bits per heavy atom. The van der Waals surface area contributed by atoms with Crippen LogP contribution in [-0.4, -0.2) is 5.78 Å². The minimum atomic E-state index is -0.556. The zero-order valence-electron chi connectivity index (χ0n) is 30.8. The molecule has 2 aliphatic carbocycles. The molecule has 1 heteroatoms. The number of carbonyl (C=O) groups is 1. The normalized spacial score (nSPS) is 15.1. The third-order valence-electron chi connectivity index (χ3n) is 11.2. The van der Waals surface area contributed by atoms with Gasteiger partial charge in [0.05, 0.1) is 5.41 Å². The van der Waals surface area contributed by atoms with E-state index in [9.17, 15) is 4.79 Å². The highest BCUT2D eigenvalue weighted by Crippen LogP contribution is 2.49. The second-order valence-corrected chi connectivity index (χ2v) is 14.7. The van der Waals surface area contributed by atoms with Crippen LogP contribution in [0.3, 0.4) is 0 Å². The maximum absolute atomic E-state index is 13.6. The van der Waals surface area contributed by atoms with Crippen molar-refractivity contribution in [3.63, 3.8) is 0 Å². The van der Waals surface area contributed by atoms with Crippen LogP contribution in [0.15, 0.2) is 211 Å². The average molecular weight is 699 g/mol. The van der Waals surface area contributed by atoms with E-state index in [1.54, 1.807) is 0 Å². The van der Waals surface area contributed by atoms with E-state index in [1.807, 2.05) is 42.5 Å². The standard InChI is InChI=1S/C53H46O/c54-52(46-19-11-4-12-20-46)47-27-35-51(36-28-47)53(48-29-21-43(22-30-48)37-40-13-5-1-6-14-40,49-31-23-44(24-32-49)38-41-15-7-2-8-16-41)50-33-25-45(26-34-50)39-42-17-9-3-10-18-42/h1-9,11-17,19-23,25-31,33-36H,10,18,24,32,37-39H2. The Labute approximate surface area is 320 Å². The molecule has 0 fully saturated rings. The minimum Gasteiger partial charge on any atom is -0.289 e. The van der Waals surface area contributed by atoms with E-state index in [2.05, 4.69) is 152 Å². The van der Waals surface area contributed by atoms with Gasteiger partial charge in [0, 0.05) is 11.1 Å². The number of hydrogen-bond acceptors (Lipinski definition) is 1. The molecule has 8 rings (SSSR count). The summed E-state index contributed by atoms with van der Waals surface area (Å²) in [5.41, 5.74) is 14.1. The highest BCUT2D eigenvalue weighted by atomic mass is 16.1. The first-order valence-corrected chi connectivity index (χ1v) is 19.4. The van der Waals surface area contributed by atoms with Crippen molar-refractivity contribution in [1.29, 1.82) is 0 Å². The molecule has 264 valence electrons. The zero-order valence-corrected chi connectivity index (χ0v) is 30.8. The van der Waals surface area contributed by atoms with Gasteiger partial charge < -0.3 is 0 Å². The third-order valence-corrected chi connectivity index (χ3v) is 11.2. The molecule has 0 aromatic heterocycles. The van der Waals surface area contributed by atoms with Gasteiger partial charge in [-0.3, -0.25) is 4.79 Å². The van der Waals surface area contributed by atoms with E-state index in [1.165, 1.54) is 55.7 Å². The summed E-state index contributed by atoms with van der Waals surface area (Å²) in [6.45, 7) is 0. The van der Waals surface area contributed by atoms with E-state index in [0.717, 1.165) is 44.9 Å². The molecular formula is C53H46O. The van der Waals surface area contributed by atoms with Crippen LogP contribution in [0, 0.1) is 0 Å². The van der Waals surface area contributed by atoms with Crippen molar-refractivity contribution in [2.75, 3.05) is 0 Å². The van der Waals surface area contributed by atoms with Crippen molar-refractivity contribution in [2.24, 2.45) is 0 Å². The van der Waals surface area contributed by atoms with Gasteiger partial charge in [-0.2, -0.15) is 0 Å². The Morgan fingerprint density at radius 1 is 0.426 bits per heavy atom. The summed E-state index contributed by atoms with van der Waals surface area (Å²) in [6, 6.07) is 58.2. The van der Waals surface area contributed by atoms with Crippen molar-refractivity contribution in [2.45, 2.75) is 50.4 Å². The highest BCUT2D eigenvalue weighted by Gasteiger charge is 2.40. The smallest absolute Gasteiger partial charge is 0.193 e. The van der Waals surface area contributed by atoms with Crippen LogP contribution < -0.4 is 0 Å². The Hall–Kier alpha value is -6.05. The van der Waals surface area contributed by atoms with Gasteiger partial charge in [0.2, 0.25) is 0 Å². The van der Waals surface area contributed by atoms with Gasteiger partial charge in [-0.1, -0.05) is 211 Å². The lowest BCUT2D eigenvalue weighted by atomic mass is 9.62. The average Bonchev–Trinajstić information content (AvgIpc) is 3.24. The van der Waals surface area contributed by atoms with Gasteiger partial charge in [0.1, 0.15) is 0 Å². The molecule has 0 heterocycles. The quantitative estimate of drug-likeness (QED) is 0.0918. The first-order chi connectivity index (χ1) is 26.6. The van der Waals surface area contributed by atoms with Crippen molar-refractivity contribution in [3.05, 3.63) is 261 Å². The van der Waals surface area contributed by atoms with E-state index in [-0.39, 0.29) is 5.78 Å². The van der Waals surface area contributed by atoms with Gasteiger partial charge in [-0.25, -0.2) is 0 Å². The SMILES string of the molecule is O=C(c1ccccc1)c1ccc(C(C2=CC=C(Cc3ccccc3)CC2)(c2ccc(CC3=CC=CCC3)cc2)c2ccc(Cc3ccccc3)cc2)cc1. The summed E-state index contributed by atoms with van der Waals surface area (Å²) in [4.78, 5) is 13.6. The summed E-state index contributed by atoms with van der Waals surface area (Å²) in [7, 11) is 0. The summed E-state index contributed by atoms with van der Waals surface area (Å²) in [5, 5.41) is 0. The zero-order chi connectivity index (χ0) is 36.6. The fourth-order valence-corrected chi connectivity index (χ4v) is 8.32. The number of allylic oxidation sites excluding steroid dienone is 8. The predicted octanol–water partition coefficient (Wildman–Crippen LogP) is 12.6. The monoisotopic (exact) mass is 698 g/mol. The van der Waals surface area contributed by atoms with Crippen molar-refractivity contribution >= 4 is 5.78 Å². The van der Waals surface area contributed by atoms with E-state index < -0.39 is 5.41 Å². The Morgan fingerprint density at radius 3 is 1.41 bits per heavy atom. The van der Waals surface area contributed by atoms with Gasteiger partial charge in [0.25, 0.3) is 0 Å². The molecule has 54 heavy (non-hydrogen) atoms. The number of ketones is 1. The summed E-state index contributed by atoms with van der Waals surface area (Å²) < 4.78 is 0. The molecule has 1 atom stereocenters. The summed E-state index contributed by atoms with van der Waals surface area (Å²) in [6.07, 6.45) is 18.5. The molecule has 0 radical (unpaired) electrons. The Kier molecular flexibility index (Phi) is 10.6. The lowest BCUT2D eigenvalue weighted by molar-refractivity contribution is 0.103. The second kappa shape index (κ2) is 16.3. The van der Waals surface area contributed by atoms with Gasteiger partial charge in [0.15, 0.2) is 5.78 Å². The van der Waals surface area contributed by atoms with Gasteiger partial charge in [-0.15, -0.1) is 0 Å². The topological polar surface area (TPSA) is 17.1 Å². The van der Waals surface area contributed by atoms with Gasteiger partial charge in [-0.05, 0) is 83.9 Å². The molecule has 0 spiro atoms. The lowest BCUT2D eigenvalue weighted by Gasteiger charge is -2.40. The summed E-state index contributed by atoms with van der Waals surface area (Å²) >= 11 is 0. The first kappa shape index (κ1) is 35.0. The van der Waals surface area contributed by atoms with E-state index >= 15 is 0 Å². The van der Waals surface area contributed by atoms with Crippen LogP contribution in [0.1, 0.15) is 80.5 Å². The van der Waals surface area contributed by atoms with Crippen LogP contribution >= 0.6 is 0 Å². The predicted molar refractivity (Wildman–Crippen MR) is 224 cm³/mol. The van der Waals surface area contributed by atoms with Crippen LogP contribution in [0.4, 0.5) is 0 Å². The van der Waals surface area contributed by atoms with Crippen LogP contribution in [-0.2, 0) is 24.7 Å².